The summed E-state index contributed by atoms with van der Waals surface area (Å²) < 4.78 is 5.30. The first-order chi connectivity index (χ1) is 15.6. The highest BCUT2D eigenvalue weighted by Gasteiger charge is 2.29. The van der Waals surface area contributed by atoms with Crippen LogP contribution in [0.5, 0.6) is 5.75 Å². The van der Waals surface area contributed by atoms with E-state index in [1.165, 1.54) is 26.7 Å². The first-order valence-electron chi connectivity index (χ1n) is 11.2. The van der Waals surface area contributed by atoms with Crippen molar-refractivity contribution in [2.45, 2.75) is 25.8 Å². The topological polar surface area (TPSA) is 40.6 Å². The van der Waals surface area contributed by atoms with Crippen LogP contribution in [0.3, 0.4) is 0 Å². The van der Waals surface area contributed by atoms with Gasteiger partial charge < -0.3 is 15.0 Å². The van der Waals surface area contributed by atoms with E-state index in [-0.39, 0.29) is 24.8 Å². The molecule has 1 saturated heterocycles. The van der Waals surface area contributed by atoms with Crippen LogP contribution in [0.4, 0.5) is 5.00 Å². The Balaban J connectivity index is 0.00000162. The van der Waals surface area contributed by atoms with Crippen LogP contribution in [-0.4, -0.2) is 54.6 Å². The van der Waals surface area contributed by atoms with Crippen LogP contribution < -0.4 is 20.6 Å². The number of methoxy groups -OCH3 is 1. The van der Waals surface area contributed by atoms with Crippen LogP contribution in [0, 0.1) is 6.92 Å². The monoisotopic (exact) mass is 518 g/mol. The Kier molecular flexibility index (Phi) is 8.88. The Hall–Kier alpha value is -2.25. The van der Waals surface area contributed by atoms with Crippen LogP contribution in [0.2, 0.25) is 0 Å². The van der Waals surface area contributed by atoms with Crippen LogP contribution >= 0.6 is 36.2 Å². The van der Waals surface area contributed by atoms with Crippen LogP contribution in [-0.2, 0) is 6.42 Å². The van der Waals surface area contributed by atoms with Gasteiger partial charge in [0.25, 0.3) is 0 Å². The number of nitrogens with one attached hydrogen (secondary N) is 1. The number of benzene rings is 1. The Morgan fingerprint density at radius 1 is 1.15 bits per heavy atom. The molecule has 0 aliphatic carbocycles. The minimum atomic E-state index is 0. The van der Waals surface area contributed by atoms with Gasteiger partial charge in [-0.3, -0.25) is 9.88 Å². The Bertz CT molecular complexity index is 1230. The molecular weight excluding hydrogens is 487 g/mol. The zero-order chi connectivity index (χ0) is 22.1. The number of anilines is 1. The summed E-state index contributed by atoms with van der Waals surface area (Å²) in [6.45, 7) is 5.25. The number of piperazine rings is 1. The zero-order valence-electron chi connectivity index (χ0n) is 19.8. The summed E-state index contributed by atoms with van der Waals surface area (Å²) in [5, 5.41) is 6.97. The molecule has 3 aromatic rings. The lowest BCUT2D eigenvalue weighted by atomic mass is 10.0. The largest absolute Gasteiger partial charge is 0.497 e. The number of hydrogen-bond acceptors (Lipinski definition) is 6. The molecular formula is C26H32Cl2N4OS. The van der Waals surface area contributed by atoms with Crippen molar-refractivity contribution >= 4 is 53.0 Å². The standard InChI is InChI=1S/C26H30N4OS.2ClH/c1-18-15-23-25(24-20(5-4-12-27-24)16-28-26(23)32-18)30-14-13-29(2)21(17-30)9-6-19-7-10-22(31-3)11-8-19;;/h4-5,7-8,10-12,15-16,21,28H,6,9,13-14,17H2,1-3H3;2*1H. The van der Waals surface area contributed by atoms with E-state index >= 15 is 0 Å². The summed E-state index contributed by atoms with van der Waals surface area (Å²) in [5.41, 5.74) is 3.91. The number of likely N-dealkylation sites (N-methyl/N-ethyl adjacent to an activating group) is 1. The lowest BCUT2D eigenvalue weighted by Gasteiger charge is -2.41. The van der Waals surface area contributed by atoms with Crippen molar-refractivity contribution < 1.29 is 4.74 Å². The van der Waals surface area contributed by atoms with E-state index in [1.54, 1.807) is 7.11 Å². The highest BCUT2D eigenvalue weighted by atomic mass is 35.5. The first-order valence-corrected chi connectivity index (χ1v) is 12.0. The summed E-state index contributed by atoms with van der Waals surface area (Å²) >= 11 is 1.82. The Morgan fingerprint density at radius 2 is 1.94 bits per heavy atom. The third-order valence-electron chi connectivity index (χ3n) is 6.55. The maximum Gasteiger partial charge on any atom is 0.118 e. The van der Waals surface area contributed by atoms with Gasteiger partial charge in [-0.05, 0) is 62.7 Å². The highest BCUT2D eigenvalue weighted by molar-refractivity contribution is 7.16. The molecule has 1 atom stereocenters. The number of hydrogen-bond donors (Lipinski definition) is 1. The van der Waals surface area contributed by atoms with Crippen LogP contribution in [0.25, 0.3) is 11.9 Å². The molecule has 182 valence electrons. The molecule has 2 aromatic heterocycles. The number of aromatic nitrogens is 1. The third kappa shape index (κ3) is 5.36. The number of nitrogens with zero attached hydrogens (tertiary/aromatic N) is 3. The number of aryl methyl sites for hydroxylation is 2. The summed E-state index contributed by atoms with van der Waals surface area (Å²) in [6.07, 6.45) is 6.20. The van der Waals surface area contributed by atoms with Crippen molar-refractivity contribution in [3.63, 3.8) is 0 Å². The molecule has 5 rings (SSSR count). The van der Waals surface area contributed by atoms with Crippen molar-refractivity contribution in [1.29, 1.82) is 0 Å². The van der Waals surface area contributed by atoms with Crippen molar-refractivity contribution in [2.75, 3.05) is 39.1 Å². The summed E-state index contributed by atoms with van der Waals surface area (Å²) in [5.74, 6) is 0.915. The van der Waals surface area contributed by atoms with Crippen molar-refractivity contribution in [2.24, 2.45) is 0 Å². The molecule has 1 aromatic carbocycles. The predicted octanol–water partition coefficient (Wildman–Crippen LogP) is 3.87. The quantitative estimate of drug-likeness (QED) is 0.555. The molecule has 5 nitrogen and oxygen atoms in total. The lowest BCUT2D eigenvalue weighted by molar-refractivity contribution is 0.128. The fraction of sp³-hybridized carbons (Fsp3) is 0.346. The van der Waals surface area contributed by atoms with E-state index in [4.69, 9.17) is 9.72 Å². The lowest BCUT2D eigenvalue weighted by Crippen LogP contribution is -2.52. The van der Waals surface area contributed by atoms with Gasteiger partial charge in [-0.2, -0.15) is 0 Å². The smallest absolute Gasteiger partial charge is 0.118 e. The molecule has 0 spiro atoms. The number of rotatable bonds is 5. The molecule has 2 aliphatic rings. The Morgan fingerprint density at radius 3 is 2.71 bits per heavy atom. The van der Waals surface area contributed by atoms with E-state index in [2.05, 4.69) is 71.7 Å². The molecule has 1 N–H and O–H groups in total. The molecule has 34 heavy (non-hydrogen) atoms. The fourth-order valence-corrected chi connectivity index (χ4v) is 5.59. The van der Waals surface area contributed by atoms with E-state index in [1.807, 2.05) is 23.6 Å². The van der Waals surface area contributed by atoms with Gasteiger partial charge in [-0.1, -0.05) is 12.1 Å². The van der Waals surface area contributed by atoms with Gasteiger partial charge in [-0.15, -0.1) is 36.2 Å². The maximum absolute atomic E-state index is 5.30. The summed E-state index contributed by atoms with van der Waals surface area (Å²) in [7, 11) is 3.97. The van der Waals surface area contributed by atoms with Crippen molar-refractivity contribution in [3.05, 3.63) is 75.2 Å². The SMILES string of the molecule is COc1ccc(CCC2CN(C3=c4ncccc4=CNc4sc(C)cc43)CCN2C)cc1.Cl.Cl. The van der Waals surface area contributed by atoms with E-state index in [0.717, 1.165) is 48.8 Å². The minimum Gasteiger partial charge on any atom is -0.497 e. The van der Waals surface area contributed by atoms with Gasteiger partial charge in [0.2, 0.25) is 0 Å². The number of pyridine rings is 1. The molecule has 8 heteroatoms. The van der Waals surface area contributed by atoms with Gasteiger partial charge in [0, 0.05) is 53.7 Å². The fourth-order valence-electron chi connectivity index (χ4n) is 4.71. The van der Waals surface area contributed by atoms with Crippen molar-refractivity contribution in [1.82, 2.24) is 14.8 Å². The summed E-state index contributed by atoms with van der Waals surface area (Å²) in [4.78, 5) is 11.2. The predicted molar refractivity (Wildman–Crippen MR) is 147 cm³/mol. The molecule has 2 aliphatic heterocycles. The van der Waals surface area contributed by atoms with E-state index in [0.29, 0.717) is 6.04 Å². The second-order valence-electron chi connectivity index (χ2n) is 8.65. The molecule has 0 amide bonds. The molecule has 0 bridgehead atoms. The van der Waals surface area contributed by atoms with Gasteiger partial charge in [0.1, 0.15) is 10.8 Å². The number of ether oxygens (including phenoxy) is 1. The van der Waals surface area contributed by atoms with Crippen LogP contribution in [0.15, 0.2) is 48.7 Å². The second kappa shape index (κ2) is 11.5. The van der Waals surface area contributed by atoms with E-state index < -0.39 is 0 Å². The Labute approximate surface area is 218 Å². The molecule has 1 unspecified atom stereocenters. The minimum absolute atomic E-state index is 0. The van der Waals surface area contributed by atoms with Gasteiger partial charge in [-0.25, -0.2) is 0 Å². The molecule has 4 heterocycles. The molecule has 0 radical (unpaired) electrons. The van der Waals surface area contributed by atoms with E-state index in [9.17, 15) is 0 Å². The average molecular weight is 520 g/mol. The second-order valence-corrected chi connectivity index (χ2v) is 9.90. The average Bonchev–Trinajstić information content (AvgIpc) is 3.11. The number of halogens is 2. The molecule has 1 fully saturated rings. The highest BCUT2D eigenvalue weighted by Crippen LogP contribution is 2.35. The van der Waals surface area contributed by atoms with Gasteiger partial charge in [0.15, 0.2) is 0 Å². The van der Waals surface area contributed by atoms with Crippen molar-refractivity contribution in [3.8, 4) is 5.75 Å². The third-order valence-corrected chi connectivity index (χ3v) is 7.53. The first kappa shape index (κ1) is 26.4. The molecule has 0 saturated carbocycles. The van der Waals surface area contributed by atoms with Crippen LogP contribution in [0.1, 0.15) is 22.4 Å². The normalized spacial score (nSPS) is 17.2. The van der Waals surface area contributed by atoms with Gasteiger partial charge in [0.05, 0.1) is 18.2 Å². The number of fused-ring (bicyclic) bond motifs is 2. The summed E-state index contributed by atoms with van der Waals surface area (Å²) in [6, 6.07) is 15.4. The van der Waals surface area contributed by atoms with Gasteiger partial charge >= 0.3 is 0 Å². The number of thiophene rings is 1. The zero-order valence-corrected chi connectivity index (χ0v) is 22.2. The maximum atomic E-state index is 5.30.